The van der Waals surface area contributed by atoms with Gasteiger partial charge in [-0.1, -0.05) is 33.6 Å². The maximum Gasteiger partial charge on any atom is 0.407 e. The Morgan fingerprint density at radius 2 is 2.00 bits per heavy atom. The van der Waals surface area contributed by atoms with Crippen molar-refractivity contribution in [3.63, 3.8) is 0 Å². The van der Waals surface area contributed by atoms with Gasteiger partial charge in [0.2, 0.25) is 0 Å². The fraction of sp³-hybridized carbons (Fsp3) is 0.944. The van der Waals surface area contributed by atoms with Crippen LogP contribution in [0.5, 0.6) is 0 Å². The molecule has 2 atom stereocenters. The number of ether oxygens (including phenoxy) is 1. The Labute approximate surface area is 136 Å². The van der Waals surface area contributed by atoms with Gasteiger partial charge in [0, 0.05) is 12.1 Å². The molecule has 1 amide bonds. The molecule has 1 rings (SSSR count). The van der Waals surface area contributed by atoms with Gasteiger partial charge in [-0.2, -0.15) is 0 Å². The molecule has 1 saturated carbocycles. The summed E-state index contributed by atoms with van der Waals surface area (Å²) in [5, 5.41) is 6.76. The number of nitrogens with one attached hydrogen (secondary N) is 2. The van der Waals surface area contributed by atoms with E-state index in [2.05, 4.69) is 31.4 Å². The monoisotopic (exact) mass is 312 g/mol. The van der Waals surface area contributed by atoms with Gasteiger partial charge in [0.05, 0.1) is 0 Å². The molecule has 0 heterocycles. The van der Waals surface area contributed by atoms with Crippen LogP contribution in [0.25, 0.3) is 0 Å². The standard InChI is InChI=1S/C18H36N2O2/c1-14(2)10-12-20-18(11-8-7-9-15(18)3)13-19-16(21)22-17(4,5)6/h14-15,20H,7-13H2,1-6H3,(H,19,21). The van der Waals surface area contributed by atoms with Crippen molar-refractivity contribution in [2.24, 2.45) is 11.8 Å². The van der Waals surface area contributed by atoms with Crippen molar-refractivity contribution in [2.45, 2.75) is 84.8 Å². The summed E-state index contributed by atoms with van der Waals surface area (Å²) in [6, 6.07) is 0. The minimum absolute atomic E-state index is 0.0179. The Balaban J connectivity index is 2.60. The lowest BCUT2D eigenvalue weighted by molar-refractivity contribution is 0.0480. The Morgan fingerprint density at radius 3 is 2.55 bits per heavy atom. The first-order chi connectivity index (χ1) is 10.1. The number of hydrogen-bond donors (Lipinski definition) is 2. The molecule has 0 aliphatic heterocycles. The maximum absolute atomic E-state index is 12.0. The van der Waals surface area contributed by atoms with E-state index >= 15 is 0 Å². The minimum Gasteiger partial charge on any atom is -0.444 e. The summed E-state index contributed by atoms with van der Waals surface area (Å²) >= 11 is 0. The zero-order valence-electron chi connectivity index (χ0n) is 15.4. The fourth-order valence-electron chi connectivity index (χ4n) is 3.16. The minimum atomic E-state index is -0.444. The van der Waals surface area contributed by atoms with Gasteiger partial charge in [-0.3, -0.25) is 0 Å². The van der Waals surface area contributed by atoms with Crippen LogP contribution >= 0.6 is 0 Å². The average Bonchev–Trinajstić information content (AvgIpc) is 2.37. The molecule has 2 unspecified atom stereocenters. The molecule has 0 aromatic rings. The van der Waals surface area contributed by atoms with E-state index in [-0.39, 0.29) is 11.6 Å². The number of hydrogen-bond acceptors (Lipinski definition) is 3. The van der Waals surface area contributed by atoms with Gasteiger partial charge >= 0.3 is 6.09 Å². The predicted octanol–water partition coefficient (Wildman–Crippen LogP) is 4.10. The average molecular weight is 312 g/mol. The molecule has 4 nitrogen and oxygen atoms in total. The highest BCUT2D eigenvalue weighted by molar-refractivity contribution is 5.67. The molecule has 0 aromatic carbocycles. The summed E-state index contributed by atoms with van der Waals surface area (Å²) < 4.78 is 5.37. The SMILES string of the molecule is CC(C)CCNC1(CNC(=O)OC(C)(C)C)CCCCC1C. The number of amides is 1. The van der Waals surface area contributed by atoms with Gasteiger partial charge in [-0.15, -0.1) is 0 Å². The number of carbonyl (C=O) groups excluding carboxylic acids is 1. The van der Waals surface area contributed by atoms with Crippen molar-refractivity contribution in [2.75, 3.05) is 13.1 Å². The van der Waals surface area contributed by atoms with Crippen LogP contribution in [0, 0.1) is 11.8 Å². The fourth-order valence-corrected chi connectivity index (χ4v) is 3.16. The molecular formula is C18H36N2O2. The van der Waals surface area contributed by atoms with E-state index in [9.17, 15) is 4.79 Å². The molecule has 0 aromatic heterocycles. The highest BCUT2D eigenvalue weighted by atomic mass is 16.6. The lowest BCUT2D eigenvalue weighted by Crippen LogP contribution is -2.59. The lowest BCUT2D eigenvalue weighted by Gasteiger charge is -2.44. The maximum atomic E-state index is 12.0. The van der Waals surface area contributed by atoms with E-state index < -0.39 is 5.60 Å². The second kappa shape index (κ2) is 8.19. The van der Waals surface area contributed by atoms with Crippen LogP contribution in [0.4, 0.5) is 4.79 Å². The smallest absolute Gasteiger partial charge is 0.407 e. The van der Waals surface area contributed by atoms with Crippen LogP contribution in [-0.2, 0) is 4.74 Å². The van der Waals surface area contributed by atoms with E-state index in [0.29, 0.717) is 18.4 Å². The summed E-state index contributed by atoms with van der Waals surface area (Å²) in [7, 11) is 0. The summed E-state index contributed by atoms with van der Waals surface area (Å²) in [5.41, 5.74) is -0.426. The first-order valence-electron chi connectivity index (χ1n) is 8.86. The third-order valence-corrected chi connectivity index (χ3v) is 4.60. The lowest BCUT2D eigenvalue weighted by atomic mass is 9.73. The van der Waals surface area contributed by atoms with Crippen LogP contribution in [0.3, 0.4) is 0 Å². The van der Waals surface area contributed by atoms with E-state index in [0.717, 1.165) is 13.0 Å². The number of alkyl carbamates (subject to hydrolysis) is 1. The van der Waals surface area contributed by atoms with Gasteiger partial charge < -0.3 is 15.4 Å². The molecule has 4 heteroatoms. The molecule has 0 saturated heterocycles. The van der Waals surface area contributed by atoms with Crippen molar-refractivity contribution >= 4 is 6.09 Å². The molecule has 1 aliphatic carbocycles. The van der Waals surface area contributed by atoms with Crippen LogP contribution in [0.15, 0.2) is 0 Å². The topological polar surface area (TPSA) is 50.4 Å². The molecule has 22 heavy (non-hydrogen) atoms. The Hall–Kier alpha value is -0.770. The zero-order chi connectivity index (χ0) is 16.8. The third-order valence-electron chi connectivity index (χ3n) is 4.60. The second-order valence-electron chi connectivity index (χ2n) is 8.27. The van der Waals surface area contributed by atoms with Crippen molar-refractivity contribution in [3.8, 4) is 0 Å². The molecule has 2 N–H and O–H groups in total. The summed E-state index contributed by atoms with van der Waals surface area (Å²) in [4.78, 5) is 12.0. The third kappa shape index (κ3) is 6.55. The van der Waals surface area contributed by atoms with Crippen LogP contribution in [0.2, 0.25) is 0 Å². The Bertz CT molecular complexity index is 349. The zero-order valence-corrected chi connectivity index (χ0v) is 15.4. The Kier molecular flexibility index (Phi) is 7.17. The molecule has 1 fully saturated rings. The summed E-state index contributed by atoms with van der Waals surface area (Å²) in [6.07, 6.45) is 5.74. The van der Waals surface area contributed by atoms with Gasteiger partial charge in [-0.25, -0.2) is 4.79 Å². The largest absolute Gasteiger partial charge is 0.444 e. The molecule has 0 radical (unpaired) electrons. The van der Waals surface area contributed by atoms with Gasteiger partial charge in [0.15, 0.2) is 0 Å². The highest BCUT2D eigenvalue weighted by Crippen LogP contribution is 2.33. The second-order valence-corrected chi connectivity index (χ2v) is 8.27. The number of rotatable bonds is 6. The molecule has 0 bridgehead atoms. The van der Waals surface area contributed by atoms with Crippen molar-refractivity contribution in [1.29, 1.82) is 0 Å². The predicted molar refractivity (Wildman–Crippen MR) is 92.1 cm³/mol. The quantitative estimate of drug-likeness (QED) is 0.776. The van der Waals surface area contributed by atoms with Crippen molar-refractivity contribution in [1.82, 2.24) is 10.6 Å². The Morgan fingerprint density at radius 1 is 1.32 bits per heavy atom. The molecular weight excluding hydrogens is 276 g/mol. The summed E-state index contributed by atoms with van der Waals surface area (Å²) in [6.45, 7) is 14.2. The van der Waals surface area contributed by atoms with E-state index in [1.807, 2.05) is 20.8 Å². The van der Waals surface area contributed by atoms with Gasteiger partial charge in [0.1, 0.15) is 5.60 Å². The van der Waals surface area contributed by atoms with Gasteiger partial charge in [0.25, 0.3) is 0 Å². The van der Waals surface area contributed by atoms with Crippen LogP contribution in [-0.4, -0.2) is 30.3 Å². The normalized spacial score (nSPS) is 26.0. The molecule has 1 aliphatic rings. The first kappa shape index (κ1) is 19.3. The molecule has 0 spiro atoms. The molecule has 130 valence electrons. The van der Waals surface area contributed by atoms with Crippen molar-refractivity contribution < 1.29 is 9.53 Å². The van der Waals surface area contributed by atoms with Crippen LogP contribution in [0.1, 0.15) is 73.6 Å². The van der Waals surface area contributed by atoms with E-state index in [1.54, 1.807) is 0 Å². The van der Waals surface area contributed by atoms with Gasteiger partial charge in [-0.05, 0) is 58.4 Å². The number of carbonyl (C=O) groups is 1. The van der Waals surface area contributed by atoms with Crippen molar-refractivity contribution in [3.05, 3.63) is 0 Å². The van der Waals surface area contributed by atoms with E-state index in [1.165, 1.54) is 25.7 Å². The van der Waals surface area contributed by atoms with Crippen LogP contribution < -0.4 is 10.6 Å². The first-order valence-corrected chi connectivity index (χ1v) is 8.86. The highest BCUT2D eigenvalue weighted by Gasteiger charge is 2.38. The summed E-state index contributed by atoms with van der Waals surface area (Å²) in [5.74, 6) is 1.27. The van der Waals surface area contributed by atoms with E-state index in [4.69, 9.17) is 4.74 Å².